The van der Waals surface area contributed by atoms with Gasteiger partial charge in [-0.2, -0.15) is 0 Å². The summed E-state index contributed by atoms with van der Waals surface area (Å²) in [5.74, 6) is -0.218. The summed E-state index contributed by atoms with van der Waals surface area (Å²) in [6.07, 6.45) is 4.04. The van der Waals surface area contributed by atoms with Crippen LogP contribution in [0.15, 0.2) is 30.3 Å². The summed E-state index contributed by atoms with van der Waals surface area (Å²) in [5.41, 5.74) is 0.980. The molecular weight excluding hydrogens is 305 g/mol. The van der Waals surface area contributed by atoms with Crippen LogP contribution in [0.1, 0.15) is 5.56 Å². The summed E-state index contributed by atoms with van der Waals surface area (Å²) >= 11 is 0. The van der Waals surface area contributed by atoms with Crippen molar-refractivity contribution in [2.45, 2.75) is 0 Å². The van der Waals surface area contributed by atoms with Crippen molar-refractivity contribution in [3.05, 3.63) is 41.7 Å². The van der Waals surface area contributed by atoms with Crippen molar-refractivity contribution in [2.24, 2.45) is 5.14 Å². The van der Waals surface area contributed by atoms with Crippen LogP contribution in [0.5, 0.6) is 0 Å². The Balaban J connectivity index is 1.70. The number of hydrogen-bond donors (Lipinski definition) is 1. The van der Waals surface area contributed by atoms with Crippen molar-refractivity contribution in [1.82, 2.24) is 9.80 Å². The molecule has 0 aliphatic carbocycles. The van der Waals surface area contributed by atoms with E-state index in [-0.39, 0.29) is 11.6 Å². The second-order valence-corrected chi connectivity index (χ2v) is 7.20. The summed E-state index contributed by atoms with van der Waals surface area (Å²) in [7, 11) is -3.38. The van der Waals surface area contributed by atoms with Crippen molar-refractivity contribution in [1.29, 1.82) is 0 Å². The van der Waals surface area contributed by atoms with Gasteiger partial charge in [0.15, 0.2) is 0 Å². The maximum atomic E-state index is 12.8. The number of nitrogens with two attached hydrogens (primary N) is 1. The Morgan fingerprint density at radius 1 is 1.09 bits per heavy atom. The fourth-order valence-electron chi connectivity index (χ4n) is 2.36. The third-order valence-corrected chi connectivity index (χ3v) is 4.45. The standard InChI is InChI=1S/C15H22FN3O2S/c16-15-5-3-14(4-6-15)2-1-7-18-8-10-19(11-9-18)12-13-22(17,20)21/h1-6H,7-13H2,(H2,17,20,21)/b2-1+. The van der Waals surface area contributed by atoms with E-state index in [4.69, 9.17) is 5.14 Å². The van der Waals surface area contributed by atoms with E-state index in [2.05, 4.69) is 15.9 Å². The van der Waals surface area contributed by atoms with Gasteiger partial charge in [0.2, 0.25) is 10.0 Å². The van der Waals surface area contributed by atoms with E-state index in [0.717, 1.165) is 38.3 Å². The Morgan fingerprint density at radius 3 is 2.27 bits per heavy atom. The second-order valence-electron chi connectivity index (χ2n) is 5.46. The summed E-state index contributed by atoms with van der Waals surface area (Å²) in [5, 5.41) is 5.01. The number of benzene rings is 1. The van der Waals surface area contributed by atoms with E-state index in [1.165, 1.54) is 12.1 Å². The molecule has 1 aromatic carbocycles. The van der Waals surface area contributed by atoms with E-state index >= 15 is 0 Å². The van der Waals surface area contributed by atoms with E-state index in [1.54, 1.807) is 12.1 Å². The highest BCUT2D eigenvalue weighted by Crippen LogP contribution is 2.06. The van der Waals surface area contributed by atoms with Gasteiger partial charge in [-0.3, -0.25) is 9.80 Å². The number of rotatable bonds is 6. The molecule has 0 aromatic heterocycles. The smallest absolute Gasteiger partial charge is 0.210 e. The largest absolute Gasteiger partial charge is 0.300 e. The molecule has 0 atom stereocenters. The van der Waals surface area contributed by atoms with Gasteiger partial charge in [0.05, 0.1) is 5.75 Å². The van der Waals surface area contributed by atoms with Gasteiger partial charge in [0, 0.05) is 39.3 Å². The topological polar surface area (TPSA) is 66.6 Å². The molecule has 0 radical (unpaired) electrons. The van der Waals surface area contributed by atoms with Crippen molar-refractivity contribution in [3.8, 4) is 0 Å². The van der Waals surface area contributed by atoms with Gasteiger partial charge in [0.25, 0.3) is 0 Å². The molecule has 22 heavy (non-hydrogen) atoms. The fraction of sp³-hybridized carbons (Fsp3) is 0.467. The fourth-order valence-corrected chi connectivity index (χ4v) is 2.88. The van der Waals surface area contributed by atoms with Crippen molar-refractivity contribution < 1.29 is 12.8 Å². The molecule has 1 heterocycles. The van der Waals surface area contributed by atoms with Crippen LogP contribution in [0.25, 0.3) is 6.08 Å². The lowest BCUT2D eigenvalue weighted by atomic mass is 10.2. The summed E-state index contributed by atoms with van der Waals surface area (Å²) in [6, 6.07) is 6.39. The first-order valence-electron chi connectivity index (χ1n) is 7.30. The first-order valence-corrected chi connectivity index (χ1v) is 9.01. The van der Waals surface area contributed by atoms with Gasteiger partial charge in [-0.1, -0.05) is 24.3 Å². The average molecular weight is 327 g/mol. The third kappa shape index (κ3) is 6.23. The Bertz CT molecular complexity index is 594. The molecule has 7 heteroatoms. The second kappa shape index (κ2) is 7.82. The maximum Gasteiger partial charge on any atom is 0.210 e. The van der Waals surface area contributed by atoms with Crippen LogP contribution in [0, 0.1) is 5.82 Å². The SMILES string of the molecule is NS(=O)(=O)CCN1CCN(C/C=C/c2ccc(F)cc2)CC1. The quantitative estimate of drug-likeness (QED) is 0.837. The number of piperazine rings is 1. The van der Waals surface area contributed by atoms with Crippen LogP contribution in [-0.2, 0) is 10.0 Å². The zero-order valence-corrected chi connectivity index (χ0v) is 13.3. The normalized spacial score (nSPS) is 18.1. The van der Waals surface area contributed by atoms with Crippen molar-refractivity contribution in [2.75, 3.05) is 45.0 Å². The average Bonchev–Trinajstić information content (AvgIpc) is 2.48. The van der Waals surface area contributed by atoms with Crippen LogP contribution >= 0.6 is 0 Å². The molecule has 0 saturated carbocycles. The summed E-state index contributed by atoms with van der Waals surface area (Å²) in [4.78, 5) is 4.41. The van der Waals surface area contributed by atoms with Crippen LogP contribution in [-0.4, -0.2) is 63.2 Å². The van der Waals surface area contributed by atoms with Crippen LogP contribution in [0.3, 0.4) is 0 Å². The van der Waals surface area contributed by atoms with Crippen LogP contribution < -0.4 is 5.14 Å². The molecule has 122 valence electrons. The van der Waals surface area contributed by atoms with Crippen LogP contribution in [0.4, 0.5) is 4.39 Å². The zero-order chi connectivity index (χ0) is 16.0. The molecule has 1 aliphatic heterocycles. The number of halogens is 1. The first kappa shape index (κ1) is 17.1. The summed E-state index contributed by atoms with van der Waals surface area (Å²) < 4.78 is 34.7. The molecule has 0 spiro atoms. The first-order chi connectivity index (χ1) is 10.4. The highest BCUT2D eigenvalue weighted by molar-refractivity contribution is 7.89. The molecule has 2 N–H and O–H groups in total. The molecule has 1 saturated heterocycles. The number of nitrogens with zero attached hydrogens (tertiary/aromatic N) is 2. The van der Waals surface area contributed by atoms with E-state index in [0.29, 0.717) is 6.54 Å². The molecule has 0 unspecified atom stereocenters. The Morgan fingerprint density at radius 2 is 1.68 bits per heavy atom. The van der Waals surface area contributed by atoms with Gasteiger partial charge in [-0.15, -0.1) is 0 Å². The van der Waals surface area contributed by atoms with E-state index < -0.39 is 10.0 Å². The zero-order valence-electron chi connectivity index (χ0n) is 12.5. The molecule has 2 rings (SSSR count). The number of primary sulfonamides is 1. The van der Waals surface area contributed by atoms with E-state index in [9.17, 15) is 12.8 Å². The third-order valence-electron chi connectivity index (χ3n) is 3.70. The molecule has 1 fully saturated rings. The highest BCUT2D eigenvalue weighted by atomic mass is 32.2. The lowest BCUT2D eigenvalue weighted by Gasteiger charge is -2.33. The molecule has 5 nitrogen and oxygen atoms in total. The Kier molecular flexibility index (Phi) is 6.07. The maximum absolute atomic E-state index is 12.8. The molecule has 1 aromatic rings. The predicted molar refractivity (Wildman–Crippen MR) is 86.3 cm³/mol. The Labute approximate surface area is 131 Å². The molecule has 0 bridgehead atoms. The minimum Gasteiger partial charge on any atom is -0.300 e. The minimum absolute atomic E-state index is 0.0114. The number of sulfonamides is 1. The van der Waals surface area contributed by atoms with Gasteiger partial charge >= 0.3 is 0 Å². The van der Waals surface area contributed by atoms with Crippen molar-refractivity contribution >= 4 is 16.1 Å². The lowest BCUT2D eigenvalue weighted by molar-refractivity contribution is 0.148. The van der Waals surface area contributed by atoms with Gasteiger partial charge in [-0.25, -0.2) is 17.9 Å². The van der Waals surface area contributed by atoms with Gasteiger partial charge in [0.1, 0.15) is 5.82 Å². The minimum atomic E-state index is -3.38. The Hall–Kier alpha value is -1.28. The van der Waals surface area contributed by atoms with E-state index in [1.807, 2.05) is 6.08 Å². The summed E-state index contributed by atoms with van der Waals surface area (Å²) in [6.45, 7) is 4.83. The molecule has 1 aliphatic rings. The van der Waals surface area contributed by atoms with Gasteiger partial charge < -0.3 is 0 Å². The van der Waals surface area contributed by atoms with Gasteiger partial charge in [-0.05, 0) is 17.7 Å². The molecule has 0 amide bonds. The molecular formula is C15H22FN3O2S. The monoisotopic (exact) mass is 327 g/mol. The lowest BCUT2D eigenvalue weighted by Crippen LogP contribution is -2.47. The van der Waals surface area contributed by atoms with Crippen molar-refractivity contribution in [3.63, 3.8) is 0 Å². The predicted octanol–water partition coefficient (Wildman–Crippen LogP) is 0.745. The number of hydrogen-bond acceptors (Lipinski definition) is 4. The van der Waals surface area contributed by atoms with Crippen LogP contribution in [0.2, 0.25) is 0 Å². The highest BCUT2D eigenvalue weighted by Gasteiger charge is 2.16.